The molecular weight excluding hydrogens is 464 g/mol. The summed E-state index contributed by atoms with van der Waals surface area (Å²) in [7, 11) is 0. The fourth-order valence-electron chi connectivity index (χ4n) is 3.06. The maximum atomic E-state index is 14.4. The average molecular weight is 478 g/mol. The smallest absolute Gasteiger partial charge is 0.206 e. The minimum absolute atomic E-state index is 0.0379. The predicted octanol–water partition coefficient (Wildman–Crippen LogP) is 7.15. The van der Waals surface area contributed by atoms with E-state index in [0.29, 0.717) is 18.6 Å². The van der Waals surface area contributed by atoms with Crippen molar-refractivity contribution in [2.24, 2.45) is 0 Å². The van der Waals surface area contributed by atoms with Gasteiger partial charge in [-0.05, 0) is 48.4 Å². The molecular formula is C26H14F8. The fourth-order valence-corrected chi connectivity index (χ4v) is 3.06. The lowest BCUT2D eigenvalue weighted by molar-refractivity contribution is -0.142. The minimum atomic E-state index is -5.25. The number of aryl methyl sites for hydroxylation is 1. The van der Waals surface area contributed by atoms with Crippen molar-refractivity contribution in [3.63, 3.8) is 0 Å². The molecule has 0 atom stereocenters. The molecule has 0 saturated heterocycles. The van der Waals surface area contributed by atoms with Crippen LogP contribution in [0.25, 0.3) is 0 Å². The summed E-state index contributed by atoms with van der Waals surface area (Å²) < 4.78 is 108. The highest BCUT2D eigenvalue weighted by atomic mass is 19.4. The molecule has 3 aromatic rings. The van der Waals surface area contributed by atoms with E-state index in [2.05, 4.69) is 11.8 Å². The molecule has 0 unspecified atom stereocenters. The Labute approximate surface area is 190 Å². The Morgan fingerprint density at radius 1 is 0.647 bits per heavy atom. The molecule has 0 bridgehead atoms. The van der Waals surface area contributed by atoms with E-state index in [-0.39, 0.29) is 11.1 Å². The molecule has 0 aliphatic rings. The standard InChI is InChI=1S/C26H14F8/c1-2-3-15-4-7-18(20(27)10-15)8-5-16-11-21(28)19(22(29)12-16)9-6-17-13-23(30)25(24(31)14-17)26(32,33)34/h4,7,10-14H,2-3H2,1H3. The number of benzene rings is 3. The topological polar surface area (TPSA) is 0 Å². The van der Waals surface area contributed by atoms with Crippen molar-refractivity contribution >= 4 is 0 Å². The van der Waals surface area contributed by atoms with Gasteiger partial charge in [0.15, 0.2) is 0 Å². The normalized spacial score (nSPS) is 10.9. The lowest BCUT2D eigenvalue weighted by Crippen LogP contribution is -2.11. The van der Waals surface area contributed by atoms with Gasteiger partial charge in [0, 0.05) is 11.1 Å². The molecule has 0 fully saturated rings. The first kappa shape index (κ1) is 24.9. The van der Waals surface area contributed by atoms with Gasteiger partial charge in [0.1, 0.15) is 34.6 Å². The minimum Gasteiger partial charge on any atom is -0.206 e. The van der Waals surface area contributed by atoms with Crippen LogP contribution in [0.5, 0.6) is 0 Å². The third-order valence-corrected chi connectivity index (χ3v) is 4.61. The molecule has 0 heterocycles. The lowest BCUT2D eigenvalue weighted by Gasteiger charge is -2.09. The Hall–Kier alpha value is -3.78. The molecule has 3 rings (SSSR count). The summed E-state index contributed by atoms with van der Waals surface area (Å²) in [5.41, 5.74) is -2.71. The second-order valence-electron chi connectivity index (χ2n) is 7.19. The second kappa shape index (κ2) is 10.0. The number of rotatable bonds is 2. The van der Waals surface area contributed by atoms with Crippen LogP contribution in [-0.4, -0.2) is 0 Å². The zero-order valence-electron chi connectivity index (χ0n) is 17.5. The first-order chi connectivity index (χ1) is 16.0. The van der Waals surface area contributed by atoms with E-state index in [1.807, 2.05) is 18.8 Å². The number of hydrogen-bond acceptors (Lipinski definition) is 0. The number of hydrogen-bond donors (Lipinski definition) is 0. The van der Waals surface area contributed by atoms with Crippen LogP contribution in [-0.2, 0) is 12.6 Å². The van der Waals surface area contributed by atoms with Crippen LogP contribution in [0.3, 0.4) is 0 Å². The molecule has 0 saturated carbocycles. The molecule has 0 radical (unpaired) electrons. The molecule has 0 aliphatic carbocycles. The zero-order valence-corrected chi connectivity index (χ0v) is 17.5. The van der Waals surface area contributed by atoms with Gasteiger partial charge in [-0.3, -0.25) is 0 Å². The SMILES string of the molecule is CCCc1ccc(C#Cc2cc(F)c(C#Cc3cc(F)c(C(F)(F)F)c(F)c3)c(F)c2)c(F)c1. The highest BCUT2D eigenvalue weighted by Crippen LogP contribution is 2.33. The van der Waals surface area contributed by atoms with E-state index in [9.17, 15) is 35.1 Å². The summed E-state index contributed by atoms with van der Waals surface area (Å²) >= 11 is 0. The van der Waals surface area contributed by atoms with Crippen LogP contribution in [0.1, 0.15) is 46.7 Å². The van der Waals surface area contributed by atoms with Crippen LogP contribution in [0.2, 0.25) is 0 Å². The van der Waals surface area contributed by atoms with Gasteiger partial charge in [-0.1, -0.05) is 43.1 Å². The Morgan fingerprint density at radius 3 is 1.68 bits per heavy atom. The highest BCUT2D eigenvalue weighted by Gasteiger charge is 2.37. The summed E-state index contributed by atoms with van der Waals surface area (Å²) in [5, 5.41) is 0. The molecule has 8 heteroatoms. The monoisotopic (exact) mass is 478 g/mol. The van der Waals surface area contributed by atoms with Crippen LogP contribution in [0, 0.1) is 52.8 Å². The molecule has 3 aromatic carbocycles. The van der Waals surface area contributed by atoms with E-state index in [0.717, 1.165) is 24.1 Å². The zero-order chi connectivity index (χ0) is 25.0. The predicted molar refractivity (Wildman–Crippen MR) is 110 cm³/mol. The van der Waals surface area contributed by atoms with E-state index in [1.54, 1.807) is 6.07 Å². The van der Waals surface area contributed by atoms with E-state index >= 15 is 0 Å². The largest absolute Gasteiger partial charge is 0.422 e. The van der Waals surface area contributed by atoms with Crippen LogP contribution in [0.4, 0.5) is 35.1 Å². The molecule has 34 heavy (non-hydrogen) atoms. The first-order valence-electron chi connectivity index (χ1n) is 9.87. The van der Waals surface area contributed by atoms with E-state index < -0.39 is 52.0 Å². The molecule has 0 spiro atoms. The fraction of sp³-hybridized carbons (Fsp3) is 0.154. The van der Waals surface area contributed by atoms with Crippen LogP contribution < -0.4 is 0 Å². The quantitative estimate of drug-likeness (QED) is 0.271. The van der Waals surface area contributed by atoms with Gasteiger partial charge >= 0.3 is 6.18 Å². The van der Waals surface area contributed by atoms with Gasteiger partial charge in [-0.25, -0.2) is 22.0 Å². The van der Waals surface area contributed by atoms with Crippen molar-refractivity contribution in [3.8, 4) is 23.7 Å². The van der Waals surface area contributed by atoms with Gasteiger partial charge in [-0.2, -0.15) is 13.2 Å². The number of alkyl halides is 3. The molecule has 0 aliphatic heterocycles. The van der Waals surface area contributed by atoms with Gasteiger partial charge in [0.05, 0.1) is 11.1 Å². The van der Waals surface area contributed by atoms with E-state index in [4.69, 9.17) is 0 Å². The van der Waals surface area contributed by atoms with Crippen molar-refractivity contribution in [2.75, 3.05) is 0 Å². The Kier molecular flexibility index (Phi) is 7.32. The highest BCUT2D eigenvalue weighted by molar-refractivity contribution is 5.50. The van der Waals surface area contributed by atoms with Crippen LogP contribution >= 0.6 is 0 Å². The van der Waals surface area contributed by atoms with Gasteiger partial charge in [0.25, 0.3) is 0 Å². The second-order valence-corrected chi connectivity index (χ2v) is 7.19. The Morgan fingerprint density at radius 2 is 1.18 bits per heavy atom. The molecule has 0 amide bonds. The number of halogens is 8. The summed E-state index contributed by atoms with van der Waals surface area (Å²) in [4.78, 5) is 0. The summed E-state index contributed by atoms with van der Waals surface area (Å²) in [6, 6.07) is 6.78. The molecule has 174 valence electrons. The summed E-state index contributed by atoms with van der Waals surface area (Å²) in [6.07, 6.45) is -3.73. The van der Waals surface area contributed by atoms with E-state index in [1.165, 1.54) is 12.1 Å². The van der Waals surface area contributed by atoms with Crippen molar-refractivity contribution in [2.45, 2.75) is 25.9 Å². The van der Waals surface area contributed by atoms with Gasteiger partial charge in [-0.15, -0.1) is 0 Å². The van der Waals surface area contributed by atoms with Gasteiger partial charge < -0.3 is 0 Å². The van der Waals surface area contributed by atoms with Crippen molar-refractivity contribution in [1.82, 2.24) is 0 Å². The Bertz CT molecular complexity index is 1320. The van der Waals surface area contributed by atoms with Crippen LogP contribution in [0.15, 0.2) is 42.5 Å². The summed E-state index contributed by atoms with van der Waals surface area (Å²) in [5.74, 6) is 2.29. The molecule has 0 aromatic heterocycles. The van der Waals surface area contributed by atoms with Crippen molar-refractivity contribution in [3.05, 3.63) is 105 Å². The Balaban J connectivity index is 1.89. The lowest BCUT2D eigenvalue weighted by atomic mass is 10.1. The maximum absolute atomic E-state index is 14.4. The van der Waals surface area contributed by atoms with Crippen molar-refractivity contribution in [1.29, 1.82) is 0 Å². The molecule has 0 N–H and O–H groups in total. The average Bonchev–Trinajstić information content (AvgIpc) is 2.71. The molecule has 0 nitrogen and oxygen atoms in total. The summed E-state index contributed by atoms with van der Waals surface area (Å²) in [6.45, 7) is 1.95. The van der Waals surface area contributed by atoms with Gasteiger partial charge in [0.2, 0.25) is 0 Å². The van der Waals surface area contributed by atoms with Crippen molar-refractivity contribution < 1.29 is 35.1 Å². The third-order valence-electron chi connectivity index (χ3n) is 4.61. The maximum Gasteiger partial charge on any atom is 0.422 e. The first-order valence-corrected chi connectivity index (χ1v) is 9.87. The third kappa shape index (κ3) is 5.77.